The van der Waals surface area contributed by atoms with Gasteiger partial charge in [-0.1, -0.05) is 13.8 Å². The van der Waals surface area contributed by atoms with Gasteiger partial charge in [-0.15, -0.1) is 0 Å². The summed E-state index contributed by atoms with van der Waals surface area (Å²) in [6, 6.07) is 0. The highest BCUT2D eigenvalue weighted by atomic mass is 32.2. The molecule has 1 heterocycles. The monoisotopic (exact) mass is 162 g/mol. The number of hydrogen-bond donors (Lipinski definition) is 1. The molecule has 1 rings (SSSR count). The van der Waals surface area contributed by atoms with Gasteiger partial charge in [-0.2, -0.15) is 11.8 Å². The van der Waals surface area contributed by atoms with Gasteiger partial charge >= 0.3 is 0 Å². The van der Waals surface area contributed by atoms with Crippen LogP contribution in [0, 0.1) is 0 Å². The van der Waals surface area contributed by atoms with E-state index in [0.717, 1.165) is 0 Å². The second-order valence-electron chi connectivity index (χ2n) is 2.83. The van der Waals surface area contributed by atoms with Gasteiger partial charge in [0, 0.05) is 0 Å². The van der Waals surface area contributed by atoms with Gasteiger partial charge in [0.05, 0.1) is 24.6 Å². The molecule has 1 aliphatic heterocycles. The topological polar surface area (TPSA) is 29.5 Å². The van der Waals surface area contributed by atoms with Gasteiger partial charge < -0.3 is 9.84 Å². The highest BCUT2D eigenvalue weighted by molar-refractivity contribution is 8.00. The second kappa shape index (κ2) is 3.60. The molecule has 60 valence electrons. The summed E-state index contributed by atoms with van der Waals surface area (Å²) in [6.07, 6.45) is -0.243. The van der Waals surface area contributed by atoms with Crippen molar-refractivity contribution in [2.75, 3.05) is 13.2 Å². The number of hydrogen-bond acceptors (Lipinski definition) is 3. The van der Waals surface area contributed by atoms with Crippen LogP contribution in [-0.2, 0) is 4.74 Å². The Hall–Kier alpha value is 0.270. The highest BCUT2D eigenvalue weighted by Gasteiger charge is 2.26. The Morgan fingerprint density at radius 3 is 2.60 bits per heavy atom. The summed E-state index contributed by atoms with van der Waals surface area (Å²) in [5.41, 5.74) is 0. The van der Waals surface area contributed by atoms with E-state index in [1.54, 1.807) is 11.8 Å². The van der Waals surface area contributed by atoms with E-state index in [1.807, 2.05) is 0 Å². The van der Waals surface area contributed by atoms with Gasteiger partial charge in [0.25, 0.3) is 0 Å². The van der Waals surface area contributed by atoms with Crippen molar-refractivity contribution < 1.29 is 9.84 Å². The van der Waals surface area contributed by atoms with E-state index in [2.05, 4.69) is 13.8 Å². The molecule has 2 nitrogen and oxygen atoms in total. The minimum Gasteiger partial charge on any atom is -0.389 e. The van der Waals surface area contributed by atoms with Crippen LogP contribution in [0.5, 0.6) is 0 Å². The van der Waals surface area contributed by atoms with Crippen LogP contribution in [-0.4, -0.2) is 34.9 Å². The Bertz CT molecular complexity index is 106. The summed E-state index contributed by atoms with van der Waals surface area (Å²) in [5.74, 6) is 0. The summed E-state index contributed by atoms with van der Waals surface area (Å²) in [6.45, 7) is 5.50. The number of ether oxygens (including phenoxy) is 1. The van der Waals surface area contributed by atoms with E-state index in [9.17, 15) is 5.11 Å². The SMILES string of the molecule is CC(C)S[C@@H]1COC[C@@H]1O. The van der Waals surface area contributed by atoms with E-state index in [4.69, 9.17) is 4.74 Å². The average Bonchev–Trinajstić information content (AvgIpc) is 2.15. The van der Waals surface area contributed by atoms with E-state index in [0.29, 0.717) is 23.7 Å². The van der Waals surface area contributed by atoms with E-state index >= 15 is 0 Å². The third-order valence-corrected chi connectivity index (χ3v) is 2.79. The molecule has 0 saturated carbocycles. The minimum atomic E-state index is -0.243. The highest BCUT2D eigenvalue weighted by Crippen LogP contribution is 2.24. The molecule has 0 radical (unpaired) electrons. The maximum absolute atomic E-state index is 9.29. The molecule has 1 saturated heterocycles. The van der Waals surface area contributed by atoms with Crippen molar-refractivity contribution in [3.8, 4) is 0 Å². The fraction of sp³-hybridized carbons (Fsp3) is 1.00. The van der Waals surface area contributed by atoms with Gasteiger partial charge in [-0.05, 0) is 5.25 Å². The summed E-state index contributed by atoms with van der Waals surface area (Å²) in [7, 11) is 0. The standard InChI is InChI=1S/C7H14O2S/c1-5(2)10-7-4-9-3-6(7)8/h5-8H,3-4H2,1-2H3/t6-,7+/m0/s1. The van der Waals surface area contributed by atoms with Crippen LogP contribution >= 0.6 is 11.8 Å². The molecule has 0 unspecified atom stereocenters. The minimum absolute atomic E-state index is 0.243. The quantitative estimate of drug-likeness (QED) is 0.654. The Balaban J connectivity index is 2.26. The smallest absolute Gasteiger partial charge is 0.0914 e. The third kappa shape index (κ3) is 2.15. The third-order valence-electron chi connectivity index (χ3n) is 1.45. The molecule has 0 amide bonds. The van der Waals surface area contributed by atoms with Gasteiger partial charge in [0.2, 0.25) is 0 Å². The van der Waals surface area contributed by atoms with E-state index in [-0.39, 0.29) is 6.10 Å². The molecule has 0 aliphatic carbocycles. The Labute approximate surface area is 66.0 Å². The fourth-order valence-corrected chi connectivity index (χ4v) is 2.14. The van der Waals surface area contributed by atoms with Gasteiger partial charge in [-0.3, -0.25) is 0 Å². The number of aliphatic hydroxyl groups is 1. The zero-order valence-corrected chi connectivity index (χ0v) is 7.23. The lowest BCUT2D eigenvalue weighted by Gasteiger charge is -2.13. The largest absolute Gasteiger partial charge is 0.389 e. The molecule has 0 aromatic heterocycles. The van der Waals surface area contributed by atoms with Crippen molar-refractivity contribution in [1.82, 2.24) is 0 Å². The Kier molecular flexibility index (Phi) is 3.01. The van der Waals surface area contributed by atoms with Crippen LogP contribution in [0.1, 0.15) is 13.8 Å². The predicted octanol–water partition coefficient (Wildman–Crippen LogP) is 0.888. The molecule has 1 N–H and O–H groups in total. The maximum atomic E-state index is 9.29. The van der Waals surface area contributed by atoms with Crippen molar-refractivity contribution in [2.45, 2.75) is 30.5 Å². The van der Waals surface area contributed by atoms with Crippen LogP contribution in [0.15, 0.2) is 0 Å². The van der Waals surface area contributed by atoms with Gasteiger partial charge in [0.15, 0.2) is 0 Å². The molecule has 0 aromatic rings. The lowest BCUT2D eigenvalue weighted by atomic mass is 10.3. The number of thioether (sulfide) groups is 1. The van der Waals surface area contributed by atoms with Gasteiger partial charge in [-0.25, -0.2) is 0 Å². The van der Waals surface area contributed by atoms with Crippen molar-refractivity contribution in [2.24, 2.45) is 0 Å². The lowest BCUT2D eigenvalue weighted by Crippen LogP contribution is -2.21. The summed E-state index contributed by atoms with van der Waals surface area (Å²) < 4.78 is 5.10. The zero-order valence-electron chi connectivity index (χ0n) is 6.41. The van der Waals surface area contributed by atoms with E-state index < -0.39 is 0 Å². The first-order chi connectivity index (χ1) is 4.70. The van der Waals surface area contributed by atoms with Crippen LogP contribution < -0.4 is 0 Å². The van der Waals surface area contributed by atoms with Crippen LogP contribution in [0.4, 0.5) is 0 Å². The summed E-state index contributed by atoms with van der Waals surface area (Å²) >= 11 is 1.80. The first-order valence-electron chi connectivity index (χ1n) is 3.61. The Morgan fingerprint density at radius 2 is 2.20 bits per heavy atom. The molecule has 1 aliphatic rings. The van der Waals surface area contributed by atoms with Crippen LogP contribution in [0.25, 0.3) is 0 Å². The second-order valence-corrected chi connectivity index (χ2v) is 4.65. The fourth-order valence-electron chi connectivity index (χ4n) is 1.00. The summed E-state index contributed by atoms with van der Waals surface area (Å²) in [5, 5.41) is 10.2. The molecule has 3 heteroatoms. The predicted molar refractivity (Wildman–Crippen MR) is 43.3 cm³/mol. The van der Waals surface area contributed by atoms with Crippen LogP contribution in [0.3, 0.4) is 0 Å². The first-order valence-corrected chi connectivity index (χ1v) is 4.55. The molecular formula is C7H14O2S. The molecule has 1 fully saturated rings. The van der Waals surface area contributed by atoms with Crippen molar-refractivity contribution in [1.29, 1.82) is 0 Å². The van der Waals surface area contributed by atoms with E-state index in [1.165, 1.54) is 0 Å². The maximum Gasteiger partial charge on any atom is 0.0914 e. The lowest BCUT2D eigenvalue weighted by molar-refractivity contribution is 0.127. The number of aliphatic hydroxyl groups excluding tert-OH is 1. The molecule has 0 spiro atoms. The molecule has 0 bridgehead atoms. The average molecular weight is 162 g/mol. The van der Waals surface area contributed by atoms with Crippen molar-refractivity contribution in [3.63, 3.8) is 0 Å². The molecule has 0 aromatic carbocycles. The van der Waals surface area contributed by atoms with Gasteiger partial charge in [0.1, 0.15) is 0 Å². The van der Waals surface area contributed by atoms with Crippen molar-refractivity contribution >= 4 is 11.8 Å². The summed E-state index contributed by atoms with van der Waals surface area (Å²) in [4.78, 5) is 0. The molecule has 2 atom stereocenters. The zero-order chi connectivity index (χ0) is 7.56. The van der Waals surface area contributed by atoms with Crippen LogP contribution in [0.2, 0.25) is 0 Å². The number of rotatable bonds is 2. The first kappa shape index (κ1) is 8.37. The Morgan fingerprint density at radius 1 is 1.50 bits per heavy atom. The normalized spacial score (nSPS) is 33.6. The molecular weight excluding hydrogens is 148 g/mol. The van der Waals surface area contributed by atoms with Crippen molar-refractivity contribution in [3.05, 3.63) is 0 Å². The molecule has 10 heavy (non-hydrogen) atoms.